The number of hydrogen-bond acceptors (Lipinski definition) is 3. The summed E-state index contributed by atoms with van der Waals surface area (Å²) in [7, 11) is 0. The number of benzene rings is 1. The van der Waals surface area contributed by atoms with Crippen molar-refractivity contribution in [2.45, 2.75) is 20.0 Å². The third kappa shape index (κ3) is 4.78. The molecule has 0 amide bonds. The van der Waals surface area contributed by atoms with E-state index in [1.54, 1.807) is 25.1 Å². The molecule has 0 aromatic heterocycles. The first-order valence-electron chi connectivity index (χ1n) is 5.38. The van der Waals surface area contributed by atoms with Crippen molar-refractivity contribution >= 4 is 12.0 Å². The fraction of sp³-hybridized carbons (Fsp3) is 0.308. The molecule has 0 aliphatic heterocycles. The molecule has 0 atom stereocenters. The van der Waals surface area contributed by atoms with E-state index in [-0.39, 0.29) is 19.0 Å². The zero-order valence-corrected chi connectivity index (χ0v) is 9.65. The van der Waals surface area contributed by atoms with Gasteiger partial charge in [-0.05, 0) is 36.2 Å². The Hall–Kier alpha value is -1.68. The highest BCUT2D eigenvalue weighted by atomic mass is 19.1. The van der Waals surface area contributed by atoms with Crippen LogP contribution >= 0.6 is 0 Å². The number of hydrogen-bond donors (Lipinski definition) is 1. The first kappa shape index (κ1) is 13.4. The summed E-state index contributed by atoms with van der Waals surface area (Å²) in [5.74, 6) is -0.727. The molecule has 0 saturated heterocycles. The molecular formula is C13H15FO3. The molecule has 1 rings (SSSR count). The Balaban J connectivity index is 2.64. The van der Waals surface area contributed by atoms with Crippen LogP contribution in [0.1, 0.15) is 24.5 Å². The topological polar surface area (TPSA) is 46.5 Å². The van der Waals surface area contributed by atoms with Gasteiger partial charge in [0.15, 0.2) is 0 Å². The van der Waals surface area contributed by atoms with Crippen LogP contribution in [0.4, 0.5) is 4.39 Å². The average Bonchev–Trinajstić information content (AvgIpc) is 2.28. The van der Waals surface area contributed by atoms with E-state index in [0.29, 0.717) is 17.7 Å². The molecule has 3 nitrogen and oxygen atoms in total. The largest absolute Gasteiger partial charge is 0.466 e. The van der Waals surface area contributed by atoms with Crippen LogP contribution in [0, 0.1) is 5.82 Å². The zero-order chi connectivity index (χ0) is 12.7. The van der Waals surface area contributed by atoms with Crippen LogP contribution in [0.3, 0.4) is 0 Å². The van der Waals surface area contributed by atoms with Gasteiger partial charge in [0.2, 0.25) is 0 Å². The van der Waals surface area contributed by atoms with E-state index in [1.165, 1.54) is 12.1 Å². The Kier molecular flexibility index (Phi) is 5.36. The molecule has 0 unspecified atom stereocenters. The summed E-state index contributed by atoms with van der Waals surface area (Å²) < 4.78 is 17.8. The number of aliphatic hydroxyl groups excluding tert-OH is 1. The van der Waals surface area contributed by atoms with Crippen molar-refractivity contribution in [3.05, 3.63) is 41.2 Å². The van der Waals surface area contributed by atoms with Crippen LogP contribution in [0.2, 0.25) is 0 Å². The Morgan fingerprint density at radius 3 is 2.88 bits per heavy atom. The second-order valence-electron chi connectivity index (χ2n) is 3.46. The molecule has 0 aliphatic carbocycles. The van der Waals surface area contributed by atoms with Gasteiger partial charge in [-0.2, -0.15) is 0 Å². The molecule has 4 heteroatoms. The van der Waals surface area contributed by atoms with Crippen molar-refractivity contribution in [1.82, 2.24) is 0 Å². The number of carbonyl (C=O) groups excluding carboxylic acids is 1. The molecule has 0 spiro atoms. The second kappa shape index (κ2) is 6.81. The van der Waals surface area contributed by atoms with Crippen LogP contribution in [0.25, 0.3) is 6.08 Å². The lowest BCUT2D eigenvalue weighted by Gasteiger charge is -2.00. The maximum atomic E-state index is 13.1. The standard InChI is InChI=1S/C13H15FO3/c1-2-17-13(16)5-3-4-10-6-11(9-15)8-12(14)7-10/h3-4,6-8,15H,2,5,9H2,1H3. The Morgan fingerprint density at radius 2 is 2.24 bits per heavy atom. The second-order valence-corrected chi connectivity index (χ2v) is 3.46. The van der Waals surface area contributed by atoms with Crippen LogP contribution < -0.4 is 0 Å². The van der Waals surface area contributed by atoms with Crippen molar-refractivity contribution in [1.29, 1.82) is 0 Å². The maximum Gasteiger partial charge on any atom is 0.309 e. The monoisotopic (exact) mass is 238 g/mol. The number of rotatable bonds is 5. The Labute approximate surface area is 99.5 Å². The van der Waals surface area contributed by atoms with E-state index >= 15 is 0 Å². The van der Waals surface area contributed by atoms with Crippen LogP contribution in [0.15, 0.2) is 24.3 Å². The highest BCUT2D eigenvalue weighted by Crippen LogP contribution is 2.11. The summed E-state index contributed by atoms with van der Waals surface area (Å²) >= 11 is 0. The normalized spacial score (nSPS) is 10.8. The van der Waals surface area contributed by atoms with Crippen LogP contribution in [0.5, 0.6) is 0 Å². The number of carbonyl (C=O) groups is 1. The van der Waals surface area contributed by atoms with Gasteiger partial charge in [-0.1, -0.05) is 12.2 Å². The zero-order valence-electron chi connectivity index (χ0n) is 9.65. The predicted molar refractivity (Wildman–Crippen MR) is 62.6 cm³/mol. The third-order valence-corrected chi connectivity index (χ3v) is 2.06. The van der Waals surface area contributed by atoms with Crippen molar-refractivity contribution in [3.8, 4) is 0 Å². The van der Waals surface area contributed by atoms with E-state index in [0.717, 1.165) is 0 Å². The van der Waals surface area contributed by atoms with E-state index in [2.05, 4.69) is 0 Å². The summed E-state index contributed by atoms with van der Waals surface area (Å²) in [5.41, 5.74) is 1.11. The lowest BCUT2D eigenvalue weighted by atomic mass is 10.1. The van der Waals surface area contributed by atoms with Crippen molar-refractivity contribution in [2.75, 3.05) is 6.61 Å². The highest BCUT2D eigenvalue weighted by Gasteiger charge is 1.99. The molecule has 0 saturated carbocycles. The molecule has 1 N–H and O–H groups in total. The molecule has 1 aromatic rings. The number of esters is 1. The van der Waals surface area contributed by atoms with Gasteiger partial charge in [0.05, 0.1) is 19.6 Å². The van der Waals surface area contributed by atoms with Gasteiger partial charge in [0.1, 0.15) is 5.82 Å². The molecular weight excluding hydrogens is 223 g/mol. The van der Waals surface area contributed by atoms with Gasteiger partial charge in [-0.25, -0.2) is 4.39 Å². The Bertz CT molecular complexity index is 413. The molecule has 0 aliphatic rings. The van der Waals surface area contributed by atoms with Gasteiger partial charge in [-0.3, -0.25) is 4.79 Å². The van der Waals surface area contributed by atoms with Crippen molar-refractivity contribution in [2.24, 2.45) is 0 Å². The van der Waals surface area contributed by atoms with Crippen LogP contribution in [-0.2, 0) is 16.1 Å². The van der Waals surface area contributed by atoms with Gasteiger partial charge in [0.25, 0.3) is 0 Å². The maximum absolute atomic E-state index is 13.1. The van der Waals surface area contributed by atoms with Gasteiger partial charge in [0, 0.05) is 0 Å². The first-order chi connectivity index (χ1) is 8.15. The molecule has 1 aromatic carbocycles. The SMILES string of the molecule is CCOC(=O)CC=Cc1cc(F)cc(CO)c1. The fourth-order valence-electron chi connectivity index (χ4n) is 1.37. The lowest BCUT2D eigenvalue weighted by molar-refractivity contribution is -0.142. The molecule has 0 fully saturated rings. The van der Waals surface area contributed by atoms with E-state index in [4.69, 9.17) is 9.84 Å². The summed E-state index contributed by atoms with van der Waals surface area (Å²) in [6.45, 7) is 1.87. The van der Waals surface area contributed by atoms with E-state index in [1.807, 2.05) is 0 Å². The minimum absolute atomic E-state index is 0.152. The molecule has 0 bridgehead atoms. The Morgan fingerprint density at radius 1 is 1.47 bits per heavy atom. The number of ether oxygens (including phenoxy) is 1. The third-order valence-electron chi connectivity index (χ3n) is 2.06. The molecule has 0 radical (unpaired) electrons. The quantitative estimate of drug-likeness (QED) is 0.800. The van der Waals surface area contributed by atoms with Gasteiger partial charge < -0.3 is 9.84 Å². The minimum Gasteiger partial charge on any atom is -0.466 e. The van der Waals surface area contributed by atoms with E-state index in [9.17, 15) is 9.18 Å². The summed E-state index contributed by atoms with van der Waals surface area (Å²) in [4.78, 5) is 11.0. The van der Waals surface area contributed by atoms with Crippen molar-refractivity contribution in [3.63, 3.8) is 0 Å². The van der Waals surface area contributed by atoms with Gasteiger partial charge >= 0.3 is 5.97 Å². The highest BCUT2D eigenvalue weighted by molar-refractivity contribution is 5.72. The minimum atomic E-state index is -0.410. The van der Waals surface area contributed by atoms with Gasteiger partial charge in [-0.15, -0.1) is 0 Å². The average molecular weight is 238 g/mol. The number of halogens is 1. The predicted octanol–water partition coefficient (Wildman–Crippen LogP) is 2.28. The molecule has 17 heavy (non-hydrogen) atoms. The fourth-order valence-corrected chi connectivity index (χ4v) is 1.37. The summed E-state index contributed by atoms with van der Waals surface area (Å²) in [5, 5.41) is 8.91. The van der Waals surface area contributed by atoms with Crippen LogP contribution in [-0.4, -0.2) is 17.7 Å². The first-order valence-corrected chi connectivity index (χ1v) is 5.38. The molecule has 92 valence electrons. The lowest BCUT2D eigenvalue weighted by Crippen LogP contribution is -2.01. The smallest absolute Gasteiger partial charge is 0.309 e. The molecule has 0 heterocycles. The summed E-state index contributed by atoms with van der Waals surface area (Å²) in [6, 6.07) is 4.26. The summed E-state index contributed by atoms with van der Waals surface area (Å²) in [6.07, 6.45) is 3.38. The van der Waals surface area contributed by atoms with Crippen molar-refractivity contribution < 1.29 is 19.0 Å². The van der Waals surface area contributed by atoms with E-state index < -0.39 is 5.82 Å². The number of aliphatic hydroxyl groups is 1.